The van der Waals surface area contributed by atoms with Crippen molar-refractivity contribution >= 4 is 17.7 Å². The van der Waals surface area contributed by atoms with Crippen LogP contribution in [0.3, 0.4) is 0 Å². The van der Waals surface area contributed by atoms with Crippen molar-refractivity contribution in [1.29, 1.82) is 0 Å². The number of aryl methyl sites for hydroxylation is 1. The molecule has 1 amide bonds. The molecule has 2 rings (SSSR count). The van der Waals surface area contributed by atoms with Crippen LogP contribution < -0.4 is 5.56 Å². The molecule has 0 fully saturated rings. The number of carbonyl (C=O) groups excluding carboxylic acids is 1. The van der Waals surface area contributed by atoms with Gasteiger partial charge in [0.25, 0.3) is 11.5 Å². The maximum Gasteiger partial charge on any atom is 0.270 e. The molecule has 2 aromatic rings. The van der Waals surface area contributed by atoms with E-state index < -0.39 is 0 Å². The zero-order valence-corrected chi connectivity index (χ0v) is 14.5. The number of amides is 1. The average Bonchev–Trinajstić information content (AvgIpc) is 2.59. The lowest BCUT2D eigenvalue weighted by atomic mass is 10.1. The molecule has 0 aliphatic rings. The monoisotopic (exact) mass is 324 g/mol. The van der Waals surface area contributed by atoms with Crippen molar-refractivity contribution in [3.63, 3.8) is 0 Å². The van der Waals surface area contributed by atoms with Crippen LogP contribution in [-0.2, 0) is 4.79 Å². The lowest BCUT2D eigenvalue weighted by Crippen LogP contribution is -2.33. The summed E-state index contributed by atoms with van der Waals surface area (Å²) in [4.78, 5) is 26.7. The van der Waals surface area contributed by atoms with Gasteiger partial charge in [-0.25, -0.2) is 0 Å². The van der Waals surface area contributed by atoms with Gasteiger partial charge in [-0.3, -0.25) is 14.2 Å². The van der Waals surface area contributed by atoms with Gasteiger partial charge in [-0.2, -0.15) is 0 Å². The smallest absolute Gasteiger partial charge is 0.270 e. The number of aromatic nitrogens is 1. The van der Waals surface area contributed by atoms with Crippen LogP contribution in [0.2, 0.25) is 0 Å². The Balaban J connectivity index is 2.45. The number of rotatable bonds is 6. The second kappa shape index (κ2) is 8.29. The van der Waals surface area contributed by atoms with Crippen LogP contribution in [0.4, 0.5) is 0 Å². The first-order chi connectivity index (χ1) is 11.5. The molecule has 0 bridgehead atoms. The fraction of sp³-hybridized carbons (Fsp3) is 0.300. The first-order valence-electron chi connectivity index (χ1n) is 8.25. The number of unbranched alkanes of at least 4 members (excludes halogenated alkanes) is 1. The van der Waals surface area contributed by atoms with Gasteiger partial charge in [-0.1, -0.05) is 49.2 Å². The largest absolute Gasteiger partial charge is 0.340 e. The van der Waals surface area contributed by atoms with Crippen LogP contribution in [0.25, 0.3) is 11.8 Å². The topological polar surface area (TPSA) is 42.3 Å². The maximum absolute atomic E-state index is 12.9. The predicted octanol–water partition coefficient (Wildman–Crippen LogP) is 3.41. The number of nitrogens with zero attached hydrogens (tertiary/aromatic N) is 2. The van der Waals surface area contributed by atoms with E-state index in [0.717, 1.165) is 24.0 Å². The molecule has 4 nitrogen and oxygen atoms in total. The molecule has 1 heterocycles. The lowest BCUT2D eigenvalue weighted by Gasteiger charge is -2.20. The molecule has 0 spiro atoms. The van der Waals surface area contributed by atoms with E-state index in [1.165, 1.54) is 10.6 Å². The number of carbonyl (C=O) groups is 1. The second-order valence-corrected chi connectivity index (χ2v) is 5.93. The van der Waals surface area contributed by atoms with Crippen LogP contribution in [0, 0.1) is 6.92 Å². The van der Waals surface area contributed by atoms with E-state index in [9.17, 15) is 9.59 Å². The quantitative estimate of drug-likeness (QED) is 0.764. The van der Waals surface area contributed by atoms with Crippen molar-refractivity contribution in [3.8, 4) is 0 Å². The fourth-order valence-electron chi connectivity index (χ4n) is 2.37. The lowest BCUT2D eigenvalue weighted by molar-refractivity contribution is -0.124. The molecule has 1 aromatic carbocycles. The molecule has 0 aliphatic carbocycles. The number of hydrogen-bond acceptors (Lipinski definition) is 2. The highest BCUT2D eigenvalue weighted by Crippen LogP contribution is 2.14. The molecule has 126 valence electrons. The van der Waals surface area contributed by atoms with Crippen molar-refractivity contribution < 1.29 is 4.79 Å². The third kappa shape index (κ3) is 4.44. The molecule has 4 heteroatoms. The first kappa shape index (κ1) is 17.7. The Morgan fingerprint density at radius 2 is 1.88 bits per heavy atom. The third-order valence-corrected chi connectivity index (χ3v) is 3.88. The number of hydrogen-bond donors (Lipinski definition) is 0. The van der Waals surface area contributed by atoms with E-state index in [2.05, 4.69) is 6.92 Å². The van der Waals surface area contributed by atoms with E-state index in [-0.39, 0.29) is 11.5 Å². The van der Waals surface area contributed by atoms with E-state index in [4.69, 9.17) is 0 Å². The number of likely N-dealkylation sites (N-methyl/N-ethyl adjacent to an activating group) is 1. The summed E-state index contributed by atoms with van der Waals surface area (Å²) in [5.41, 5.74) is 2.19. The van der Waals surface area contributed by atoms with Crippen molar-refractivity contribution in [2.24, 2.45) is 0 Å². The van der Waals surface area contributed by atoms with Crippen molar-refractivity contribution in [2.75, 3.05) is 13.6 Å². The highest BCUT2D eigenvalue weighted by Gasteiger charge is 2.17. The Bertz CT molecular complexity index is 773. The van der Waals surface area contributed by atoms with Crippen molar-refractivity contribution in [1.82, 2.24) is 9.47 Å². The average molecular weight is 324 g/mol. The van der Waals surface area contributed by atoms with Gasteiger partial charge in [0.05, 0.1) is 0 Å². The SMILES string of the molecule is CCCCN(C)C(=O)C(=Cc1ccc(C)cc1)n1ccccc1=O. The van der Waals surface area contributed by atoms with E-state index in [0.29, 0.717) is 12.2 Å². The fourth-order valence-corrected chi connectivity index (χ4v) is 2.37. The minimum Gasteiger partial charge on any atom is -0.340 e. The van der Waals surface area contributed by atoms with Crippen molar-refractivity contribution in [3.05, 3.63) is 70.1 Å². The Kier molecular flexibility index (Phi) is 6.13. The highest BCUT2D eigenvalue weighted by atomic mass is 16.2. The first-order valence-corrected chi connectivity index (χ1v) is 8.25. The Labute approximate surface area is 143 Å². The molecule has 1 aromatic heterocycles. The minimum absolute atomic E-state index is 0.155. The predicted molar refractivity (Wildman–Crippen MR) is 98.6 cm³/mol. The van der Waals surface area contributed by atoms with Gasteiger partial charge in [-0.05, 0) is 31.1 Å². The molecule has 24 heavy (non-hydrogen) atoms. The molecule has 0 aliphatic heterocycles. The molecule has 0 saturated carbocycles. The molecule has 0 radical (unpaired) electrons. The molecular formula is C20H24N2O2. The standard InChI is InChI=1S/C20H24N2O2/c1-4-5-13-21(3)20(24)18(22-14-7-6-8-19(22)23)15-17-11-9-16(2)10-12-17/h6-12,14-15H,4-5,13H2,1-3H3. The maximum atomic E-state index is 12.9. The van der Waals surface area contributed by atoms with Gasteiger partial charge in [0.1, 0.15) is 5.70 Å². The summed E-state index contributed by atoms with van der Waals surface area (Å²) < 4.78 is 1.41. The van der Waals surface area contributed by atoms with Crippen molar-refractivity contribution in [2.45, 2.75) is 26.7 Å². The second-order valence-electron chi connectivity index (χ2n) is 5.93. The molecule has 0 unspecified atom stereocenters. The number of pyridine rings is 1. The minimum atomic E-state index is -0.215. The van der Waals surface area contributed by atoms with Crippen LogP contribution in [0.15, 0.2) is 53.5 Å². The summed E-state index contributed by atoms with van der Waals surface area (Å²) in [6.45, 7) is 4.77. The van der Waals surface area contributed by atoms with Crippen LogP contribution in [0.1, 0.15) is 30.9 Å². The summed E-state index contributed by atoms with van der Waals surface area (Å²) in [7, 11) is 1.77. The molecule has 0 N–H and O–H groups in total. The Morgan fingerprint density at radius 1 is 1.17 bits per heavy atom. The van der Waals surface area contributed by atoms with Gasteiger partial charge in [0.15, 0.2) is 0 Å². The molecule has 0 atom stereocenters. The molecule has 0 saturated heterocycles. The highest BCUT2D eigenvalue weighted by molar-refractivity contribution is 6.18. The summed E-state index contributed by atoms with van der Waals surface area (Å²) in [5, 5.41) is 0. The number of benzene rings is 1. The summed E-state index contributed by atoms with van der Waals surface area (Å²) in [6, 6.07) is 12.8. The summed E-state index contributed by atoms with van der Waals surface area (Å²) in [5.74, 6) is -0.155. The van der Waals surface area contributed by atoms with Gasteiger partial charge in [0.2, 0.25) is 0 Å². The third-order valence-electron chi connectivity index (χ3n) is 3.88. The van der Waals surface area contributed by atoms with Crippen LogP contribution in [-0.4, -0.2) is 29.0 Å². The zero-order valence-electron chi connectivity index (χ0n) is 14.5. The normalized spacial score (nSPS) is 11.4. The van der Waals surface area contributed by atoms with Gasteiger partial charge in [0, 0.05) is 25.9 Å². The Morgan fingerprint density at radius 3 is 2.50 bits per heavy atom. The van der Waals surface area contributed by atoms with Crippen LogP contribution >= 0.6 is 0 Å². The summed E-state index contributed by atoms with van der Waals surface area (Å²) in [6.07, 6.45) is 5.35. The summed E-state index contributed by atoms with van der Waals surface area (Å²) >= 11 is 0. The van der Waals surface area contributed by atoms with Gasteiger partial charge in [-0.15, -0.1) is 0 Å². The van der Waals surface area contributed by atoms with E-state index >= 15 is 0 Å². The van der Waals surface area contributed by atoms with E-state index in [1.54, 1.807) is 36.4 Å². The Hall–Kier alpha value is -2.62. The van der Waals surface area contributed by atoms with E-state index in [1.807, 2.05) is 31.2 Å². The van der Waals surface area contributed by atoms with Gasteiger partial charge < -0.3 is 4.90 Å². The zero-order chi connectivity index (χ0) is 17.5. The van der Waals surface area contributed by atoms with Crippen LogP contribution in [0.5, 0.6) is 0 Å². The van der Waals surface area contributed by atoms with Gasteiger partial charge >= 0.3 is 0 Å². The molecular weight excluding hydrogens is 300 g/mol.